The summed E-state index contributed by atoms with van der Waals surface area (Å²) in [6.45, 7) is 3.13. The predicted molar refractivity (Wildman–Crippen MR) is 66.0 cm³/mol. The van der Waals surface area contributed by atoms with E-state index in [1.165, 1.54) is 25.9 Å². The molecule has 86 valence electrons. The highest BCUT2D eigenvalue weighted by Gasteiger charge is 2.41. The molecular formula is C14H20N2. The largest absolute Gasteiger partial charge is 0.318 e. The Morgan fingerprint density at radius 2 is 1.69 bits per heavy atom. The smallest absolute Gasteiger partial charge is 0.0455 e. The molecule has 1 heterocycles. The average molecular weight is 216 g/mol. The number of likely N-dealkylation sites (tertiary alicyclic amines) is 1. The SMILES string of the molecule is NCN1C[C@H]2CC[C@@H](C1)C2c1ccccc1. The lowest BCUT2D eigenvalue weighted by atomic mass is 9.80. The Hall–Kier alpha value is -0.860. The summed E-state index contributed by atoms with van der Waals surface area (Å²) in [6, 6.07) is 11.1. The zero-order valence-electron chi connectivity index (χ0n) is 9.68. The lowest BCUT2D eigenvalue weighted by Gasteiger charge is -2.37. The highest BCUT2D eigenvalue weighted by atomic mass is 15.2. The van der Waals surface area contributed by atoms with Crippen LogP contribution in [0.15, 0.2) is 30.3 Å². The molecule has 0 amide bonds. The second-order valence-electron chi connectivity index (χ2n) is 5.25. The van der Waals surface area contributed by atoms with Crippen LogP contribution < -0.4 is 5.73 Å². The van der Waals surface area contributed by atoms with E-state index < -0.39 is 0 Å². The minimum atomic E-state index is 0.731. The van der Waals surface area contributed by atoms with Crippen molar-refractivity contribution < 1.29 is 0 Å². The van der Waals surface area contributed by atoms with Gasteiger partial charge in [-0.1, -0.05) is 30.3 Å². The molecule has 2 nitrogen and oxygen atoms in total. The fourth-order valence-electron chi connectivity index (χ4n) is 3.69. The van der Waals surface area contributed by atoms with Gasteiger partial charge in [-0.3, -0.25) is 4.90 Å². The molecule has 3 rings (SSSR count). The van der Waals surface area contributed by atoms with Gasteiger partial charge in [0.05, 0.1) is 0 Å². The lowest BCUT2D eigenvalue weighted by molar-refractivity contribution is 0.149. The highest BCUT2D eigenvalue weighted by Crippen LogP contribution is 2.47. The van der Waals surface area contributed by atoms with Crippen molar-refractivity contribution in [2.45, 2.75) is 18.8 Å². The van der Waals surface area contributed by atoms with Gasteiger partial charge in [0.1, 0.15) is 0 Å². The molecule has 2 bridgehead atoms. The summed E-state index contributed by atoms with van der Waals surface area (Å²) in [6.07, 6.45) is 2.78. The number of nitrogens with zero attached hydrogens (tertiary/aromatic N) is 1. The van der Waals surface area contributed by atoms with Crippen molar-refractivity contribution >= 4 is 0 Å². The third kappa shape index (κ3) is 1.66. The van der Waals surface area contributed by atoms with Crippen molar-refractivity contribution in [3.8, 4) is 0 Å². The van der Waals surface area contributed by atoms with E-state index in [4.69, 9.17) is 5.73 Å². The number of hydrogen-bond donors (Lipinski definition) is 1. The zero-order chi connectivity index (χ0) is 11.0. The van der Waals surface area contributed by atoms with Gasteiger partial charge in [0, 0.05) is 19.8 Å². The quantitative estimate of drug-likeness (QED) is 0.819. The average Bonchev–Trinajstić information content (AvgIpc) is 2.61. The minimum absolute atomic E-state index is 0.731. The summed E-state index contributed by atoms with van der Waals surface area (Å²) >= 11 is 0. The first-order chi connectivity index (χ1) is 7.88. The number of benzene rings is 1. The van der Waals surface area contributed by atoms with Crippen molar-refractivity contribution in [3.05, 3.63) is 35.9 Å². The summed E-state index contributed by atoms with van der Waals surface area (Å²) in [5.74, 6) is 2.47. The molecule has 2 N–H and O–H groups in total. The highest BCUT2D eigenvalue weighted by molar-refractivity contribution is 5.24. The molecule has 0 spiro atoms. The van der Waals surface area contributed by atoms with E-state index in [9.17, 15) is 0 Å². The number of rotatable bonds is 2. The first-order valence-electron chi connectivity index (χ1n) is 6.36. The van der Waals surface area contributed by atoms with Crippen molar-refractivity contribution in [3.63, 3.8) is 0 Å². The fourth-order valence-corrected chi connectivity index (χ4v) is 3.69. The molecule has 2 aliphatic rings. The van der Waals surface area contributed by atoms with Gasteiger partial charge in [-0.2, -0.15) is 0 Å². The topological polar surface area (TPSA) is 29.3 Å². The van der Waals surface area contributed by atoms with Crippen LogP contribution >= 0.6 is 0 Å². The van der Waals surface area contributed by atoms with E-state index in [1.54, 1.807) is 5.56 Å². The van der Waals surface area contributed by atoms with Gasteiger partial charge in [0.15, 0.2) is 0 Å². The zero-order valence-corrected chi connectivity index (χ0v) is 9.68. The Morgan fingerprint density at radius 3 is 2.25 bits per heavy atom. The molecule has 1 aromatic rings. The molecule has 1 aliphatic carbocycles. The van der Waals surface area contributed by atoms with E-state index in [2.05, 4.69) is 35.2 Å². The summed E-state index contributed by atoms with van der Waals surface area (Å²) < 4.78 is 0. The minimum Gasteiger partial charge on any atom is -0.318 e. The van der Waals surface area contributed by atoms with Crippen LogP contribution in [0, 0.1) is 11.8 Å². The summed E-state index contributed by atoms with van der Waals surface area (Å²) in [5, 5.41) is 0. The third-order valence-corrected chi connectivity index (χ3v) is 4.35. The van der Waals surface area contributed by atoms with Crippen molar-refractivity contribution in [1.29, 1.82) is 0 Å². The second kappa shape index (κ2) is 4.19. The van der Waals surface area contributed by atoms with Crippen LogP contribution in [0.2, 0.25) is 0 Å². The molecule has 2 fully saturated rings. The Bertz CT molecular complexity index is 335. The van der Waals surface area contributed by atoms with Crippen LogP contribution in [-0.2, 0) is 0 Å². The Balaban J connectivity index is 1.84. The van der Waals surface area contributed by atoms with E-state index in [0.29, 0.717) is 0 Å². The summed E-state index contributed by atoms with van der Waals surface area (Å²) in [7, 11) is 0. The first kappa shape index (κ1) is 10.3. The molecule has 16 heavy (non-hydrogen) atoms. The van der Waals surface area contributed by atoms with Crippen LogP contribution in [0.5, 0.6) is 0 Å². The van der Waals surface area contributed by atoms with Gasteiger partial charge in [-0.05, 0) is 36.2 Å². The van der Waals surface area contributed by atoms with Gasteiger partial charge >= 0.3 is 0 Å². The van der Waals surface area contributed by atoms with E-state index in [1.807, 2.05) is 0 Å². The van der Waals surface area contributed by atoms with Gasteiger partial charge in [-0.15, -0.1) is 0 Å². The molecular weight excluding hydrogens is 196 g/mol. The van der Waals surface area contributed by atoms with E-state index in [0.717, 1.165) is 24.4 Å². The predicted octanol–water partition coefficient (Wildman–Crippen LogP) is 2.03. The maximum atomic E-state index is 5.77. The van der Waals surface area contributed by atoms with Crippen LogP contribution in [0.4, 0.5) is 0 Å². The number of nitrogens with two attached hydrogens (primary N) is 1. The number of piperidine rings is 1. The summed E-state index contributed by atoms with van der Waals surface area (Å²) in [5.41, 5.74) is 7.31. The van der Waals surface area contributed by atoms with Crippen LogP contribution in [-0.4, -0.2) is 24.7 Å². The molecule has 1 unspecified atom stereocenters. The second-order valence-corrected chi connectivity index (χ2v) is 5.25. The number of hydrogen-bond acceptors (Lipinski definition) is 2. The first-order valence-corrected chi connectivity index (χ1v) is 6.36. The molecule has 0 aromatic heterocycles. The lowest BCUT2D eigenvalue weighted by Crippen LogP contribution is -2.43. The van der Waals surface area contributed by atoms with Crippen LogP contribution in [0.3, 0.4) is 0 Å². The van der Waals surface area contributed by atoms with Crippen molar-refractivity contribution in [2.24, 2.45) is 17.6 Å². The molecule has 3 atom stereocenters. The normalized spacial score (nSPS) is 34.2. The maximum Gasteiger partial charge on any atom is 0.0455 e. The van der Waals surface area contributed by atoms with Crippen molar-refractivity contribution in [2.75, 3.05) is 19.8 Å². The third-order valence-electron chi connectivity index (χ3n) is 4.35. The molecule has 1 aliphatic heterocycles. The Labute approximate surface area is 97.4 Å². The molecule has 0 radical (unpaired) electrons. The van der Waals surface area contributed by atoms with Crippen LogP contribution in [0.25, 0.3) is 0 Å². The van der Waals surface area contributed by atoms with Gasteiger partial charge in [-0.25, -0.2) is 0 Å². The van der Waals surface area contributed by atoms with Gasteiger partial charge < -0.3 is 5.73 Å². The van der Waals surface area contributed by atoms with Crippen LogP contribution in [0.1, 0.15) is 24.3 Å². The van der Waals surface area contributed by atoms with E-state index >= 15 is 0 Å². The molecule has 1 saturated carbocycles. The molecule has 1 aromatic carbocycles. The monoisotopic (exact) mass is 216 g/mol. The fraction of sp³-hybridized carbons (Fsp3) is 0.571. The van der Waals surface area contributed by atoms with Crippen molar-refractivity contribution in [1.82, 2.24) is 4.90 Å². The molecule has 1 saturated heterocycles. The van der Waals surface area contributed by atoms with Gasteiger partial charge in [0.25, 0.3) is 0 Å². The Morgan fingerprint density at radius 1 is 1.06 bits per heavy atom. The maximum absolute atomic E-state index is 5.77. The standard InChI is InChI=1S/C14H20N2/c15-10-16-8-12-6-7-13(9-16)14(12)11-4-2-1-3-5-11/h1-5,12-14H,6-10,15H2/t12-,13+,14?. The summed E-state index contributed by atoms with van der Waals surface area (Å²) in [4.78, 5) is 2.42. The van der Waals surface area contributed by atoms with Gasteiger partial charge in [0.2, 0.25) is 0 Å². The Kier molecular flexibility index (Phi) is 2.70. The van der Waals surface area contributed by atoms with E-state index in [-0.39, 0.29) is 0 Å². The molecule has 2 heteroatoms. The number of fused-ring (bicyclic) bond motifs is 2.